The molecular weight excluding hydrogens is 712 g/mol. The Labute approximate surface area is 322 Å². The number of rotatable bonds is 3. The molecule has 0 fully saturated rings. The predicted molar refractivity (Wildman–Crippen MR) is 182 cm³/mol. The second-order valence-electron chi connectivity index (χ2n) is 9.24. The Morgan fingerprint density at radius 1 is 0.510 bits per heavy atom. The largest absolute Gasteiger partial charge is 2.00 e. The first-order valence-electron chi connectivity index (χ1n) is 14.1. The molecule has 0 saturated carbocycles. The van der Waals surface area contributed by atoms with E-state index in [2.05, 4.69) is 23.2 Å². The second-order valence-corrected chi connectivity index (χ2v) is 9.24. The molecule has 0 unspecified atom stereocenters. The minimum atomic E-state index is -0.898. The third kappa shape index (κ3) is 13.2. The summed E-state index contributed by atoms with van der Waals surface area (Å²) in [5, 5.41) is 0. The van der Waals surface area contributed by atoms with Crippen LogP contribution < -0.4 is 9.13 Å². The van der Waals surface area contributed by atoms with Crippen LogP contribution in [0, 0.1) is 68.0 Å². The van der Waals surface area contributed by atoms with Gasteiger partial charge in [0.25, 0.3) is 0 Å². The first kappa shape index (κ1) is 45.2. The Kier molecular flexibility index (Phi) is 21.0. The summed E-state index contributed by atoms with van der Waals surface area (Å²) in [6, 6.07) is 30.7. The topological polar surface area (TPSA) is 20.6 Å². The third-order valence-corrected chi connectivity index (χ3v) is 6.16. The average Bonchev–Trinajstić information content (AvgIpc) is 3.07. The zero-order valence-electron chi connectivity index (χ0n) is 28.2. The van der Waals surface area contributed by atoms with Gasteiger partial charge in [-0.15, -0.1) is 60.2 Å². The number of halogens is 6. The summed E-state index contributed by atoms with van der Waals surface area (Å²) in [5.41, 5.74) is 3.68. The Hall–Kier alpha value is -3.83. The second kappa shape index (κ2) is 22.7. The molecule has 0 aliphatic carbocycles. The molecule has 49 heavy (non-hydrogen) atoms. The van der Waals surface area contributed by atoms with Crippen molar-refractivity contribution in [3.63, 3.8) is 0 Å². The van der Waals surface area contributed by atoms with Crippen LogP contribution in [0.1, 0.15) is 13.8 Å². The van der Waals surface area contributed by atoms with Crippen LogP contribution in [0.15, 0.2) is 110 Å². The van der Waals surface area contributed by atoms with Crippen molar-refractivity contribution in [3.05, 3.63) is 178 Å². The van der Waals surface area contributed by atoms with Crippen molar-refractivity contribution in [3.8, 4) is 33.8 Å². The summed E-state index contributed by atoms with van der Waals surface area (Å²) >= 11 is 0. The molecule has 0 bridgehead atoms. The normalized spacial score (nSPS) is 9.35. The van der Waals surface area contributed by atoms with Crippen molar-refractivity contribution >= 4 is 45.5 Å². The minimum Gasteiger partial charge on any atom is -0.358 e. The molecule has 6 aromatic rings. The maximum absolute atomic E-state index is 13.0. The maximum Gasteiger partial charge on any atom is 2.00 e. The summed E-state index contributed by atoms with van der Waals surface area (Å²) in [4.78, 5) is 4.00. The molecule has 0 radical (unpaired) electrons. The van der Waals surface area contributed by atoms with Crippen LogP contribution in [0.5, 0.6) is 0 Å². The van der Waals surface area contributed by atoms with E-state index < -0.39 is 34.9 Å². The van der Waals surface area contributed by atoms with Crippen molar-refractivity contribution in [2.75, 3.05) is 0 Å². The minimum absolute atomic E-state index is 0. The quantitative estimate of drug-likeness (QED) is 0.0767. The summed E-state index contributed by atoms with van der Waals surface area (Å²) in [7, 11) is 3.68. The van der Waals surface area contributed by atoms with Crippen molar-refractivity contribution in [2.24, 2.45) is 14.1 Å². The summed E-state index contributed by atoms with van der Waals surface area (Å²) in [6.45, 7) is 4.00. The van der Waals surface area contributed by atoms with Gasteiger partial charge < -0.3 is 19.8 Å². The smallest absolute Gasteiger partial charge is 0.358 e. The van der Waals surface area contributed by atoms with Crippen LogP contribution in [0.3, 0.4) is 0 Å². The van der Waals surface area contributed by atoms with Crippen LogP contribution in [0.25, 0.3) is 33.8 Å². The molecule has 0 amide bonds. The van der Waals surface area contributed by atoms with Crippen molar-refractivity contribution in [1.29, 1.82) is 0 Å². The van der Waals surface area contributed by atoms with E-state index in [4.69, 9.17) is 0 Å². The summed E-state index contributed by atoms with van der Waals surface area (Å²) in [5.74, 6) is -5.25. The van der Waals surface area contributed by atoms with Crippen LogP contribution in [0.4, 0.5) is 26.3 Å². The van der Waals surface area contributed by atoms with E-state index in [1.807, 2.05) is 85.9 Å². The van der Waals surface area contributed by atoms with Gasteiger partial charge in [0.1, 0.15) is 25.5 Å². The molecule has 3 nitrogen and oxygen atoms in total. The Morgan fingerprint density at radius 2 is 0.878 bits per heavy atom. The molecule has 10 heteroatoms. The fourth-order valence-electron chi connectivity index (χ4n) is 3.91. The van der Waals surface area contributed by atoms with Gasteiger partial charge >= 0.3 is 45.5 Å². The number of hydrogen-bond acceptors (Lipinski definition) is 1. The van der Waals surface area contributed by atoms with Gasteiger partial charge in [0, 0.05) is 18.3 Å². The van der Waals surface area contributed by atoms with Crippen LogP contribution in [0.2, 0.25) is 0 Å². The molecule has 0 aliphatic rings. The van der Waals surface area contributed by atoms with Gasteiger partial charge in [0.2, 0.25) is 0 Å². The number of aryl methyl sites for hydroxylation is 2. The molecular formula is C39H36F6N3Sr-. The van der Waals surface area contributed by atoms with Crippen LogP contribution in [-0.4, -0.2) is 50.5 Å². The number of benzene rings is 3. The molecule has 0 N–H and O–H groups in total. The predicted octanol–water partition coefficient (Wildman–Crippen LogP) is 8.89. The monoisotopic (exact) mass is 748 g/mol. The van der Waals surface area contributed by atoms with E-state index in [-0.39, 0.29) is 60.3 Å². The van der Waals surface area contributed by atoms with Gasteiger partial charge in [0.05, 0.1) is 34.9 Å². The number of pyridine rings is 3. The number of hydrogen-bond donors (Lipinski definition) is 0. The van der Waals surface area contributed by atoms with E-state index in [1.54, 1.807) is 24.4 Å². The fraction of sp³-hybridized carbons (Fsp3) is 0.103. The van der Waals surface area contributed by atoms with Gasteiger partial charge in [0.15, 0.2) is 12.4 Å². The Morgan fingerprint density at radius 3 is 1.22 bits per heavy atom. The first-order chi connectivity index (χ1) is 22.1. The summed E-state index contributed by atoms with van der Waals surface area (Å²) in [6.07, 6.45) is 5.26. The molecule has 0 saturated heterocycles. The van der Waals surface area contributed by atoms with E-state index in [1.165, 1.54) is 0 Å². The van der Waals surface area contributed by atoms with Crippen molar-refractivity contribution in [2.45, 2.75) is 13.8 Å². The van der Waals surface area contributed by atoms with Gasteiger partial charge in [-0.2, -0.15) is 0 Å². The molecule has 3 aromatic carbocycles. The molecule has 6 rings (SSSR count). The van der Waals surface area contributed by atoms with E-state index >= 15 is 0 Å². The summed E-state index contributed by atoms with van der Waals surface area (Å²) < 4.78 is 80.5. The zero-order chi connectivity index (χ0) is 33.6. The van der Waals surface area contributed by atoms with Crippen molar-refractivity contribution < 1.29 is 35.5 Å². The van der Waals surface area contributed by atoms with Crippen LogP contribution >= 0.6 is 0 Å². The molecule has 0 aliphatic heterocycles. The van der Waals surface area contributed by atoms with Gasteiger partial charge in [-0.1, -0.05) is 49.2 Å². The van der Waals surface area contributed by atoms with E-state index in [9.17, 15) is 26.3 Å². The number of aromatic nitrogens is 3. The molecule has 3 heterocycles. The van der Waals surface area contributed by atoms with E-state index in [0.717, 1.165) is 47.8 Å². The average molecular weight is 748 g/mol. The molecule has 252 valence electrons. The molecule has 0 spiro atoms. The number of nitrogens with zero attached hydrogens (tertiary/aromatic N) is 3. The van der Waals surface area contributed by atoms with Crippen molar-refractivity contribution in [1.82, 2.24) is 4.98 Å². The van der Waals surface area contributed by atoms with Gasteiger partial charge in [-0.05, 0) is 23.9 Å². The standard InChI is InChI=1S/2C12H9F2N.C11H6F2N.C2H6.2CH3.Sr/c2*1-15-7-3-2-4-12(15)9-5-6-10(13)11(14)8-9;12-9-5-4-8(7-10(9)13)11-3-1-2-6-14-11;1-2;;;/h2*2-4,6-8H,1H3;1-3,5-7H;1-2H3;2*1H3;/q;;-1;;2*-1;+2. The third-order valence-electron chi connectivity index (χ3n) is 6.16. The van der Waals surface area contributed by atoms with Gasteiger partial charge in [-0.25, -0.2) is 22.3 Å². The fourth-order valence-corrected chi connectivity index (χ4v) is 3.91. The van der Waals surface area contributed by atoms with Gasteiger partial charge in [-0.3, -0.25) is 13.2 Å². The Bertz CT molecular complexity index is 1780. The van der Waals surface area contributed by atoms with Crippen LogP contribution in [-0.2, 0) is 14.1 Å². The molecule has 3 aromatic heterocycles. The SMILES string of the molecule is CC.C[n+]1ccccc1-c1[c-]cc(F)c(F)c1.C[n+]1ccccc1-c1[c-]cc(F)c(F)c1.Fc1c[c-]c(-c2ccccn2)cc1F.[CH3-].[CH3-].[Sr+2]. The maximum atomic E-state index is 13.0. The Balaban J connectivity index is 0.000000668. The molecule has 0 atom stereocenters. The van der Waals surface area contributed by atoms with E-state index in [0.29, 0.717) is 22.4 Å². The first-order valence-corrected chi connectivity index (χ1v) is 14.1. The zero-order valence-corrected chi connectivity index (χ0v) is 31.7.